The molecular formula is C30H28F3N7O3. The van der Waals surface area contributed by atoms with Crippen LogP contribution in [0.3, 0.4) is 0 Å². The fraction of sp³-hybridized carbons (Fsp3) is 0.300. The maximum atomic E-state index is 14.1. The lowest BCUT2D eigenvalue weighted by molar-refractivity contribution is -0.137. The summed E-state index contributed by atoms with van der Waals surface area (Å²) >= 11 is 0. The number of rotatable bonds is 6. The number of anilines is 1. The highest BCUT2D eigenvalue weighted by Crippen LogP contribution is 2.39. The van der Waals surface area contributed by atoms with Crippen molar-refractivity contribution in [3.63, 3.8) is 0 Å². The lowest BCUT2D eigenvalue weighted by Gasteiger charge is -2.37. The molecule has 0 aliphatic carbocycles. The number of nitrogens with one attached hydrogen (secondary N) is 2. The van der Waals surface area contributed by atoms with Crippen LogP contribution in [0.2, 0.25) is 0 Å². The number of aromatic nitrogens is 5. The standard InChI is InChI=1S/C30H28F3N7O3/c1-17-8-9-20(14-40(17)29(41)42-15-19-6-4-3-5-7-19)36-28-35-13-24(30(31,32)33)26(38-28)22-12-34-27-21(22)10-11-25(37-27)23-16-43-39-18(23)2/h3-7,10-13,16-17,20H,8-9,14-15H2,1-2H3,(H,34,37)(H,35,36,38)/t17-,20-/m0/s1. The van der Waals surface area contributed by atoms with Gasteiger partial charge in [-0.25, -0.2) is 19.7 Å². The summed E-state index contributed by atoms with van der Waals surface area (Å²) in [5, 5.41) is 7.46. The molecule has 4 aromatic heterocycles. The predicted molar refractivity (Wildman–Crippen MR) is 152 cm³/mol. The Balaban J connectivity index is 1.24. The van der Waals surface area contributed by atoms with Crippen molar-refractivity contribution in [3.05, 3.63) is 77.9 Å². The van der Waals surface area contributed by atoms with Gasteiger partial charge in [-0.1, -0.05) is 35.5 Å². The molecule has 1 fully saturated rings. The molecule has 13 heteroatoms. The van der Waals surface area contributed by atoms with Crippen LogP contribution in [0.4, 0.5) is 23.9 Å². The van der Waals surface area contributed by atoms with Gasteiger partial charge < -0.3 is 24.5 Å². The highest BCUT2D eigenvalue weighted by molar-refractivity contribution is 5.94. The first kappa shape index (κ1) is 28.2. The van der Waals surface area contributed by atoms with Crippen LogP contribution in [0, 0.1) is 6.92 Å². The maximum Gasteiger partial charge on any atom is 0.419 e. The Bertz CT molecular complexity index is 1750. The number of amides is 1. The minimum absolute atomic E-state index is 0.0270. The Morgan fingerprint density at radius 3 is 2.70 bits per heavy atom. The van der Waals surface area contributed by atoms with Crippen molar-refractivity contribution in [1.29, 1.82) is 0 Å². The number of aryl methyl sites for hydroxylation is 1. The molecular weight excluding hydrogens is 563 g/mol. The predicted octanol–water partition coefficient (Wildman–Crippen LogP) is 6.60. The van der Waals surface area contributed by atoms with Crippen molar-refractivity contribution in [3.8, 4) is 22.5 Å². The number of fused-ring (bicyclic) bond motifs is 1. The van der Waals surface area contributed by atoms with E-state index in [-0.39, 0.29) is 42.4 Å². The molecule has 1 aliphatic heterocycles. The zero-order chi connectivity index (χ0) is 30.1. The van der Waals surface area contributed by atoms with Gasteiger partial charge in [-0.3, -0.25) is 0 Å². The van der Waals surface area contributed by atoms with Gasteiger partial charge in [0, 0.05) is 42.0 Å². The van der Waals surface area contributed by atoms with Crippen LogP contribution in [0.1, 0.15) is 36.6 Å². The number of likely N-dealkylation sites (tertiary alicyclic amines) is 1. The van der Waals surface area contributed by atoms with Crippen LogP contribution in [0.25, 0.3) is 33.5 Å². The number of H-pyrrole nitrogens is 1. The van der Waals surface area contributed by atoms with Crippen LogP contribution < -0.4 is 5.32 Å². The molecule has 6 rings (SSSR count). The molecule has 222 valence electrons. The molecule has 0 spiro atoms. The lowest BCUT2D eigenvalue weighted by Crippen LogP contribution is -2.50. The third kappa shape index (κ3) is 5.87. The first-order valence-electron chi connectivity index (χ1n) is 13.8. The molecule has 2 N–H and O–H groups in total. The second-order valence-corrected chi connectivity index (χ2v) is 10.5. The van der Waals surface area contributed by atoms with E-state index in [9.17, 15) is 18.0 Å². The maximum absolute atomic E-state index is 14.1. The Labute approximate surface area is 244 Å². The quantitative estimate of drug-likeness (QED) is 0.226. The van der Waals surface area contributed by atoms with E-state index in [4.69, 9.17) is 9.26 Å². The molecule has 5 aromatic rings. The van der Waals surface area contributed by atoms with Gasteiger partial charge in [-0.2, -0.15) is 13.2 Å². The summed E-state index contributed by atoms with van der Waals surface area (Å²) in [6, 6.07) is 12.4. The van der Waals surface area contributed by atoms with E-state index in [1.807, 2.05) is 37.3 Å². The van der Waals surface area contributed by atoms with Gasteiger partial charge in [0.15, 0.2) is 0 Å². The number of hydrogen-bond donors (Lipinski definition) is 2. The molecule has 43 heavy (non-hydrogen) atoms. The molecule has 1 aliphatic rings. The third-order valence-corrected chi connectivity index (χ3v) is 7.57. The van der Waals surface area contributed by atoms with Crippen LogP contribution in [0.5, 0.6) is 0 Å². The number of benzene rings is 1. The van der Waals surface area contributed by atoms with Crippen molar-refractivity contribution in [2.45, 2.75) is 51.6 Å². The van der Waals surface area contributed by atoms with Gasteiger partial charge in [0.1, 0.15) is 24.1 Å². The summed E-state index contributed by atoms with van der Waals surface area (Å²) < 4.78 is 52.8. The lowest BCUT2D eigenvalue weighted by atomic mass is 10.00. The average Bonchev–Trinajstić information content (AvgIpc) is 3.62. The monoisotopic (exact) mass is 591 g/mol. The van der Waals surface area contributed by atoms with Crippen molar-refractivity contribution in [2.24, 2.45) is 0 Å². The Morgan fingerprint density at radius 1 is 1.14 bits per heavy atom. The molecule has 5 heterocycles. The number of carbonyl (C=O) groups excluding carboxylic acids is 1. The Hall–Kier alpha value is -4.94. The SMILES string of the molecule is Cc1nocc1-c1ccc2c(-c3nc(N[C@H]4CC[C@H](C)N(C(=O)OCc5ccccc5)C4)ncc3C(F)(F)F)c[nH]c2n1. The van der Waals surface area contributed by atoms with Gasteiger partial charge in [0.05, 0.1) is 22.6 Å². The van der Waals surface area contributed by atoms with E-state index in [0.717, 1.165) is 11.8 Å². The fourth-order valence-electron chi connectivity index (χ4n) is 5.22. The van der Waals surface area contributed by atoms with E-state index in [0.29, 0.717) is 40.8 Å². The van der Waals surface area contributed by atoms with Gasteiger partial charge in [0.25, 0.3) is 0 Å². The van der Waals surface area contributed by atoms with Crippen LogP contribution in [-0.2, 0) is 17.5 Å². The number of carbonyl (C=O) groups is 1. The van der Waals surface area contributed by atoms with Gasteiger partial charge in [0.2, 0.25) is 5.95 Å². The van der Waals surface area contributed by atoms with Crippen molar-refractivity contribution >= 4 is 23.1 Å². The number of aromatic amines is 1. The summed E-state index contributed by atoms with van der Waals surface area (Å²) in [4.78, 5) is 30.3. The molecule has 10 nitrogen and oxygen atoms in total. The number of pyridine rings is 1. The number of alkyl halides is 3. The normalized spacial score (nSPS) is 17.3. The number of ether oxygens (including phenoxy) is 1. The average molecular weight is 592 g/mol. The largest absolute Gasteiger partial charge is 0.445 e. The van der Waals surface area contributed by atoms with Crippen molar-refractivity contribution < 1.29 is 27.2 Å². The fourth-order valence-corrected chi connectivity index (χ4v) is 5.22. The second-order valence-electron chi connectivity index (χ2n) is 10.5. The van der Waals surface area contributed by atoms with Crippen molar-refractivity contribution in [2.75, 3.05) is 11.9 Å². The summed E-state index contributed by atoms with van der Waals surface area (Å²) in [7, 11) is 0. The van der Waals surface area contributed by atoms with Gasteiger partial charge >= 0.3 is 12.3 Å². The first-order chi connectivity index (χ1) is 20.7. The molecule has 0 unspecified atom stereocenters. The summed E-state index contributed by atoms with van der Waals surface area (Å²) in [6.07, 6.45) is -0.0977. The number of hydrogen-bond acceptors (Lipinski definition) is 8. The first-order valence-corrected chi connectivity index (χ1v) is 13.8. The molecule has 1 saturated heterocycles. The van der Waals surface area contributed by atoms with E-state index >= 15 is 0 Å². The zero-order valence-electron chi connectivity index (χ0n) is 23.4. The number of halogens is 3. The number of nitrogens with zero attached hydrogens (tertiary/aromatic N) is 5. The highest BCUT2D eigenvalue weighted by Gasteiger charge is 2.37. The molecule has 0 saturated carbocycles. The van der Waals surface area contributed by atoms with Crippen LogP contribution in [0.15, 0.2) is 65.6 Å². The molecule has 1 amide bonds. The minimum Gasteiger partial charge on any atom is -0.445 e. The Morgan fingerprint density at radius 2 is 1.95 bits per heavy atom. The third-order valence-electron chi connectivity index (χ3n) is 7.57. The van der Waals surface area contributed by atoms with Crippen LogP contribution >= 0.6 is 0 Å². The molecule has 2 atom stereocenters. The Kier molecular flexibility index (Phi) is 7.46. The molecule has 0 radical (unpaired) electrons. The van der Waals surface area contributed by atoms with Gasteiger partial charge in [-0.15, -0.1) is 0 Å². The summed E-state index contributed by atoms with van der Waals surface area (Å²) in [5.41, 5.74) is 2.14. The van der Waals surface area contributed by atoms with Gasteiger partial charge in [-0.05, 0) is 44.4 Å². The van der Waals surface area contributed by atoms with E-state index < -0.39 is 17.8 Å². The van der Waals surface area contributed by atoms with E-state index in [1.165, 1.54) is 12.5 Å². The van der Waals surface area contributed by atoms with Crippen molar-refractivity contribution in [1.82, 2.24) is 30.0 Å². The summed E-state index contributed by atoms with van der Waals surface area (Å²) in [6.45, 7) is 4.14. The molecule has 0 bridgehead atoms. The topological polar surface area (TPSA) is 122 Å². The smallest absolute Gasteiger partial charge is 0.419 e. The van der Waals surface area contributed by atoms with E-state index in [2.05, 4.69) is 30.4 Å². The zero-order valence-corrected chi connectivity index (χ0v) is 23.4. The minimum atomic E-state index is -4.69. The summed E-state index contributed by atoms with van der Waals surface area (Å²) in [5.74, 6) is 0.0270. The highest BCUT2D eigenvalue weighted by atomic mass is 19.4. The molecule has 1 aromatic carbocycles. The second kappa shape index (κ2) is 11.4. The van der Waals surface area contributed by atoms with E-state index in [1.54, 1.807) is 24.0 Å². The van der Waals surface area contributed by atoms with Crippen LogP contribution in [-0.4, -0.2) is 54.7 Å². The number of piperidine rings is 1.